The number of ketones is 1. The van der Waals surface area contributed by atoms with Crippen LogP contribution in [0.1, 0.15) is 0 Å². The summed E-state index contributed by atoms with van der Waals surface area (Å²) >= 11 is 0. The summed E-state index contributed by atoms with van der Waals surface area (Å²) in [5.41, 5.74) is 0. The smallest absolute Gasteiger partial charge is 0.468 e. The van der Waals surface area contributed by atoms with Crippen molar-refractivity contribution in [2.75, 3.05) is 6.61 Å². The number of carbonyl (C=O) groups is 2. The number of hydrogen-bond donors (Lipinski definition) is 1. The molecule has 0 atom stereocenters. The first-order valence-corrected chi connectivity index (χ1v) is 3.17. The van der Waals surface area contributed by atoms with Crippen LogP contribution in [0.3, 0.4) is 0 Å². The van der Waals surface area contributed by atoms with E-state index in [1.165, 1.54) is 0 Å². The summed E-state index contributed by atoms with van der Waals surface area (Å²) in [7, 11) is -3.14. The quantitative estimate of drug-likeness (QED) is 0.456. The van der Waals surface area contributed by atoms with Gasteiger partial charge in [0.2, 0.25) is 0 Å². The van der Waals surface area contributed by atoms with Crippen molar-refractivity contribution in [1.82, 2.24) is 0 Å². The van der Waals surface area contributed by atoms with Crippen molar-refractivity contribution in [3.8, 4) is 0 Å². The standard InChI is InChI=1S/C3H3O6P/c4-2(3(5)6)1-9-10(7)8/h1H2,(H,5,6). The number of carboxylic acid groups (broad SMARTS) is 1. The Balaban J connectivity index is 3.71. The fourth-order valence-corrected chi connectivity index (χ4v) is 0.396. The van der Waals surface area contributed by atoms with Crippen LogP contribution < -0.4 is 0 Å². The summed E-state index contributed by atoms with van der Waals surface area (Å²) < 4.78 is 22.9. The largest absolute Gasteiger partial charge is 0.475 e. The van der Waals surface area contributed by atoms with E-state index in [4.69, 9.17) is 5.11 Å². The van der Waals surface area contributed by atoms with E-state index < -0.39 is 26.3 Å². The van der Waals surface area contributed by atoms with Gasteiger partial charge in [-0.15, -0.1) is 0 Å². The molecule has 10 heavy (non-hydrogen) atoms. The van der Waals surface area contributed by atoms with Crippen LogP contribution in [0.25, 0.3) is 0 Å². The highest BCUT2D eigenvalue weighted by Gasteiger charge is 2.11. The Morgan fingerprint density at radius 2 is 1.90 bits per heavy atom. The van der Waals surface area contributed by atoms with Gasteiger partial charge in [0.15, 0.2) is 0 Å². The highest BCUT2D eigenvalue weighted by Crippen LogP contribution is 2.03. The Kier molecular flexibility index (Phi) is 3.53. The highest BCUT2D eigenvalue weighted by atomic mass is 31.1. The lowest BCUT2D eigenvalue weighted by Crippen LogP contribution is -2.16. The number of hydrogen-bond acceptors (Lipinski definition) is 5. The number of carbonyl (C=O) groups excluding carboxylic acids is 1. The first-order valence-electron chi connectivity index (χ1n) is 2.07. The van der Waals surface area contributed by atoms with Crippen molar-refractivity contribution in [3.63, 3.8) is 0 Å². The number of Topliss-reactive ketones (excluding diaryl/α,β-unsaturated/α-hetero) is 1. The second kappa shape index (κ2) is 3.92. The van der Waals surface area contributed by atoms with E-state index in [0.717, 1.165) is 0 Å². The lowest BCUT2D eigenvalue weighted by atomic mass is 10.4. The zero-order valence-electron chi connectivity index (χ0n) is 4.64. The molecule has 56 valence electrons. The average Bonchev–Trinajstić information content (AvgIpc) is 1.82. The van der Waals surface area contributed by atoms with E-state index in [-0.39, 0.29) is 0 Å². The second-order valence-electron chi connectivity index (χ2n) is 1.23. The van der Waals surface area contributed by atoms with E-state index in [2.05, 4.69) is 4.52 Å². The maximum atomic E-state index is 10.1. The molecule has 0 aromatic carbocycles. The summed E-state index contributed by atoms with van der Waals surface area (Å²) in [6.45, 7) is -0.936. The van der Waals surface area contributed by atoms with Gasteiger partial charge in [-0.3, -0.25) is 9.32 Å². The second-order valence-corrected chi connectivity index (χ2v) is 1.93. The normalized spacial score (nSPS) is 8.80. The van der Waals surface area contributed by atoms with Gasteiger partial charge >= 0.3 is 13.9 Å². The molecule has 0 amide bonds. The minimum absolute atomic E-state index is 0.936. The van der Waals surface area contributed by atoms with E-state index in [0.29, 0.717) is 0 Å². The van der Waals surface area contributed by atoms with E-state index >= 15 is 0 Å². The molecule has 0 saturated carbocycles. The van der Waals surface area contributed by atoms with Crippen LogP contribution in [-0.4, -0.2) is 23.5 Å². The summed E-state index contributed by atoms with van der Waals surface area (Å²) in [5.74, 6) is -3.00. The van der Waals surface area contributed by atoms with Gasteiger partial charge in [-0.1, -0.05) is 0 Å². The minimum Gasteiger partial charge on any atom is -0.475 e. The van der Waals surface area contributed by atoms with E-state index in [1.807, 2.05) is 0 Å². The monoisotopic (exact) mass is 166 g/mol. The van der Waals surface area contributed by atoms with Crippen molar-refractivity contribution in [1.29, 1.82) is 0 Å². The van der Waals surface area contributed by atoms with Gasteiger partial charge in [-0.05, 0) is 0 Å². The van der Waals surface area contributed by atoms with Gasteiger partial charge in [0.1, 0.15) is 6.61 Å². The average molecular weight is 166 g/mol. The maximum absolute atomic E-state index is 10.1. The molecular formula is C3H3O6P. The van der Waals surface area contributed by atoms with Gasteiger partial charge < -0.3 is 5.11 Å². The SMILES string of the molecule is O=C(O)C(=O)COP(=O)=O. The van der Waals surface area contributed by atoms with Gasteiger partial charge in [-0.2, -0.15) is 0 Å². The van der Waals surface area contributed by atoms with Crippen LogP contribution in [0, 0.1) is 0 Å². The minimum atomic E-state index is -3.14. The zero-order chi connectivity index (χ0) is 8.15. The fraction of sp³-hybridized carbons (Fsp3) is 0.333. The first-order chi connectivity index (χ1) is 4.54. The predicted octanol–water partition coefficient (Wildman–Crippen LogP) is -0.255. The highest BCUT2D eigenvalue weighted by molar-refractivity contribution is 7.24. The van der Waals surface area contributed by atoms with Gasteiger partial charge in [0, 0.05) is 0 Å². The molecule has 0 aliphatic heterocycles. The molecule has 0 radical (unpaired) electrons. The molecule has 7 heteroatoms. The Bertz CT molecular complexity index is 207. The third kappa shape index (κ3) is 3.94. The van der Waals surface area contributed by atoms with Crippen molar-refractivity contribution < 1.29 is 28.3 Å². The van der Waals surface area contributed by atoms with Crippen LogP contribution in [0.5, 0.6) is 0 Å². The molecule has 0 fully saturated rings. The molecule has 0 aliphatic carbocycles. The number of aliphatic carboxylic acids is 1. The third-order valence-electron chi connectivity index (χ3n) is 0.540. The summed E-state index contributed by atoms with van der Waals surface area (Å²) in [4.78, 5) is 19.7. The van der Waals surface area contributed by atoms with Crippen molar-refractivity contribution >= 4 is 19.7 Å². The van der Waals surface area contributed by atoms with E-state index in [1.54, 1.807) is 0 Å². The molecule has 0 bridgehead atoms. The number of carboxylic acids is 1. The molecule has 0 spiro atoms. The molecule has 0 heterocycles. The lowest BCUT2D eigenvalue weighted by molar-refractivity contribution is -0.149. The molecule has 0 aromatic rings. The Hall–Kier alpha value is -1.00. The van der Waals surface area contributed by atoms with Crippen molar-refractivity contribution in [2.45, 2.75) is 0 Å². The molecule has 6 nitrogen and oxygen atoms in total. The molecule has 1 N–H and O–H groups in total. The molecule has 0 unspecified atom stereocenters. The summed E-state index contributed by atoms with van der Waals surface area (Å²) in [6.07, 6.45) is 0. The molecule has 0 saturated heterocycles. The first kappa shape index (κ1) is 9.00. The van der Waals surface area contributed by atoms with Crippen molar-refractivity contribution in [2.24, 2.45) is 0 Å². The molecule has 0 aliphatic rings. The van der Waals surface area contributed by atoms with Crippen LogP contribution in [0.15, 0.2) is 0 Å². The van der Waals surface area contributed by atoms with E-state index in [9.17, 15) is 18.7 Å². The van der Waals surface area contributed by atoms with Crippen LogP contribution in [0.2, 0.25) is 0 Å². The van der Waals surface area contributed by atoms with Crippen LogP contribution in [0.4, 0.5) is 0 Å². The lowest BCUT2D eigenvalue weighted by Gasteiger charge is -1.86. The van der Waals surface area contributed by atoms with Gasteiger partial charge in [-0.25, -0.2) is 13.9 Å². The Morgan fingerprint density at radius 3 is 2.20 bits per heavy atom. The molecular weight excluding hydrogens is 163 g/mol. The molecule has 0 rings (SSSR count). The summed E-state index contributed by atoms with van der Waals surface area (Å²) in [5, 5.41) is 7.87. The Labute approximate surface area is 55.7 Å². The summed E-state index contributed by atoms with van der Waals surface area (Å²) in [6, 6.07) is 0. The fourth-order valence-electron chi connectivity index (χ4n) is 0.173. The van der Waals surface area contributed by atoms with Gasteiger partial charge in [0.05, 0.1) is 0 Å². The Morgan fingerprint density at radius 1 is 1.40 bits per heavy atom. The zero-order valence-corrected chi connectivity index (χ0v) is 5.54. The predicted molar refractivity (Wildman–Crippen MR) is 26.9 cm³/mol. The van der Waals surface area contributed by atoms with Crippen LogP contribution >= 0.6 is 7.91 Å². The third-order valence-corrected chi connectivity index (χ3v) is 0.880. The number of rotatable bonds is 4. The molecule has 0 aromatic heterocycles. The van der Waals surface area contributed by atoms with Crippen molar-refractivity contribution in [3.05, 3.63) is 0 Å². The van der Waals surface area contributed by atoms with Crippen LogP contribution in [-0.2, 0) is 23.2 Å². The van der Waals surface area contributed by atoms with Gasteiger partial charge in [0.25, 0.3) is 5.78 Å². The topological polar surface area (TPSA) is 97.7 Å². The maximum Gasteiger partial charge on any atom is 0.468 e.